The summed E-state index contributed by atoms with van der Waals surface area (Å²) in [4.78, 5) is 11.7. The van der Waals surface area contributed by atoms with Crippen LogP contribution in [0.4, 0.5) is 0 Å². The summed E-state index contributed by atoms with van der Waals surface area (Å²) in [6.07, 6.45) is 0. The molecule has 1 aromatic heterocycles. The zero-order valence-electron chi connectivity index (χ0n) is 11.2. The molecule has 0 unspecified atom stereocenters. The predicted molar refractivity (Wildman–Crippen MR) is 71.1 cm³/mol. The predicted octanol–water partition coefficient (Wildman–Crippen LogP) is 1.57. The van der Waals surface area contributed by atoms with Crippen molar-refractivity contribution in [3.8, 4) is 18.0 Å². The van der Waals surface area contributed by atoms with Gasteiger partial charge in [0.15, 0.2) is 0 Å². The van der Waals surface area contributed by atoms with Crippen LogP contribution in [0.5, 0.6) is 18.0 Å². The molecule has 0 aliphatic heterocycles. The van der Waals surface area contributed by atoms with Crippen molar-refractivity contribution in [3.63, 3.8) is 0 Å². The summed E-state index contributed by atoms with van der Waals surface area (Å²) in [7, 11) is 2.83. The molecule has 0 saturated heterocycles. The van der Waals surface area contributed by atoms with E-state index in [-0.39, 0.29) is 18.0 Å². The smallest absolute Gasteiger partial charge is 0.382 e. The van der Waals surface area contributed by atoms with Crippen LogP contribution in [-0.4, -0.2) is 42.4 Å². The van der Waals surface area contributed by atoms with Gasteiger partial charge in [-0.05, 0) is 13.8 Å². The molecule has 0 amide bonds. The summed E-state index contributed by atoms with van der Waals surface area (Å²) in [5.74, 6) is 0. The molecule has 0 bridgehead atoms. The molecule has 8 nitrogen and oxygen atoms in total. The molecular formula is C9H16N3O5PS. The Kier molecular flexibility index (Phi) is 6.36. The Hall–Kier alpha value is -1.02. The van der Waals surface area contributed by atoms with E-state index in [1.807, 2.05) is 0 Å². The lowest BCUT2D eigenvalue weighted by Crippen LogP contribution is -2.06. The highest BCUT2D eigenvalue weighted by Crippen LogP contribution is 2.49. The molecule has 10 heteroatoms. The summed E-state index contributed by atoms with van der Waals surface area (Å²) in [6, 6.07) is 0.0433. The van der Waals surface area contributed by atoms with E-state index in [2.05, 4.69) is 15.0 Å². The van der Waals surface area contributed by atoms with Gasteiger partial charge in [-0.3, -0.25) is 9.05 Å². The van der Waals surface area contributed by atoms with Crippen LogP contribution in [0.1, 0.15) is 13.8 Å². The van der Waals surface area contributed by atoms with E-state index in [4.69, 9.17) is 34.9 Å². The third-order valence-corrected chi connectivity index (χ3v) is 4.10. The van der Waals surface area contributed by atoms with Gasteiger partial charge in [0, 0.05) is 11.8 Å². The van der Waals surface area contributed by atoms with Gasteiger partial charge in [0.25, 0.3) is 0 Å². The van der Waals surface area contributed by atoms with Gasteiger partial charge >= 0.3 is 24.8 Å². The fraction of sp³-hybridized carbons (Fsp3) is 0.667. The van der Waals surface area contributed by atoms with Crippen LogP contribution < -0.4 is 14.0 Å². The molecule has 0 fully saturated rings. The van der Waals surface area contributed by atoms with Crippen LogP contribution >= 0.6 is 6.72 Å². The van der Waals surface area contributed by atoms with Crippen LogP contribution in [-0.2, 0) is 20.9 Å². The second-order valence-corrected chi connectivity index (χ2v) is 5.90. The average Bonchev–Trinajstić information content (AvgIpc) is 2.38. The van der Waals surface area contributed by atoms with E-state index in [0.29, 0.717) is 13.2 Å². The van der Waals surface area contributed by atoms with Crippen LogP contribution in [0.15, 0.2) is 0 Å². The minimum absolute atomic E-state index is 0.0522. The highest BCUT2D eigenvalue weighted by Gasteiger charge is 2.24. The number of rotatable bonds is 8. The maximum atomic E-state index is 5.43. The van der Waals surface area contributed by atoms with E-state index in [0.717, 1.165) is 0 Å². The quantitative estimate of drug-likeness (QED) is 0.664. The van der Waals surface area contributed by atoms with Crippen molar-refractivity contribution in [1.29, 1.82) is 0 Å². The van der Waals surface area contributed by atoms with Crippen molar-refractivity contribution in [2.24, 2.45) is 0 Å². The second kappa shape index (κ2) is 7.54. The topological polar surface area (TPSA) is 84.8 Å². The molecule has 0 atom stereocenters. The third kappa shape index (κ3) is 4.87. The zero-order valence-corrected chi connectivity index (χ0v) is 12.9. The lowest BCUT2D eigenvalue weighted by Gasteiger charge is -2.19. The first-order chi connectivity index (χ1) is 9.06. The Morgan fingerprint density at radius 2 is 1.32 bits per heavy atom. The van der Waals surface area contributed by atoms with Crippen molar-refractivity contribution in [2.45, 2.75) is 13.8 Å². The first kappa shape index (κ1) is 16.0. The Morgan fingerprint density at radius 1 is 0.895 bits per heavy atom. The van der Waals surface area contributed by atoms with Crippen molar-refractivity contribution in [3.05, 3.63) is 0 Å². The van der Waals surface area contributed by atoms with Crippen molar-refractivity contribution >= 4 is 18.5 Å². The molecule has 1 rings (SSSR count). The van der Waals surface area contributed by atoms with Gasteiger partial charge in [-0.2, -0.15) is 0 Å². The summed E-state index contributed by atoms with van der Waals surface area (Å²) in [5, 5.41) is 0. The summed E-state index contributed by atoms with van der Waals surface area (Å²) in [5.41, 5.74) is 0. The van der Waals surface area contributed by atoms with E-state index in [1.54, 1.807) is 13.8 Å². The summed E-state index contributed by atoms with van der Waals surface area (Å²) < 4.78 is 25.9. The Bertz CT molecular complexity index is 429. The third-order valence-electron chi connectivity index (χ3n) is 1.71. The largest absolute Gasteiger partial charge is 0.467 e. The van der Waals surface area contributed by atoms with Crippen LogP contribution in [0, 0.1) is 0 Å². The van der Waals surface area contributed by atoms with Crippen LogP contribution in [0.3, 0.4) is 0 Å². The Labute approximate surface area is 116 Å². The van der Waals surface area contributed by atoms with Crippen molar-refractivity contribution in [2.75, 3.05) is 27.4 Å². The molecule has 0 aliphatic rings. The van der Waals surface area contributed by atoms with Gasteiger partial charge < -0.3 is 14.0 Å². The normalized spacial score (nSPS) is 11.2. The number of nitrogens with zero attached hydrogens (tertiary/aromatic N) is 3. The first-order valence-corrected chi connectivity index (χ1v) is 8.05. The number of aromatic nitrogens is 3. The first-order valence-electron chi connectivity index (χ1n) is 5.49. The average molecular weight is 309 g/mol. The molecule has 0 aliphatic carbocycles. The maximum Gasteiger partial charge on any atom is 0.382 e. The fourth-order valence-electron chi connectivity index (χ4n) is 1.05. The van der Waals surface area contributed by atoms with Gasteiger partial charge in [-0.25, -0.2) is 0 Å². The highest BCUT2D eigenvalue weighted by atomic mass is 32.5. The van der Waals surface area contributed by atoms with Gasteiger partial charge in [0.05, 0.1) is 27.4 Å². The molecular weight excluding hydrogens is 293 g/mol. The summed E-state index contributed by atoms with van der Waals surface area (Å²) >= 11 is 5.20. The molecule has 1 aromatic rings. The van der Waals surface area contributed by atoms with Gasteiger partial charge in [-0.15, -0.1) is 15.0 Å². The van der Waals surface area contributed by atoms with Gasteiger partial charge in [-0.1, -0.05) is 0 Å². The van der Waals surface area contributed by atoms with Gasteiger partial charge in [0.1, 0.15) is 0 Å². The second-order valence-electron chi connectivity index (χ2n) is 2.97. The monoisotopic (exact) mass is 309 g/mol. The highest BCUT2D eigenvalue weighted by molar-refractivity contribution is 8.07. The van der Waals surface area contributed by atoms with E-state index < -0.39 is 6.72 Å². The molecule has 0 radical (unpaired) electrons. The molecule has 0 spiro atoms. The molecule has 1 heterocycles. The van der Waals surface area contributed by atoms with E-state index >= 15 is 0 Å². The number of ether oxygens (including phenoxy) is 2. The SMILES string of the molecule is CCOP(=S)(OCC)Oc1nc(OC)nc(OC)n1. The maximum absolute atomic E-state index is 5.43. The number of hydrogen-bond donors (Lipinski definition) is 0. The number of methoxy groups -OCH3 is 2. The minimum Gasteiger partial charge on any atom is -0.467 e. The number of hydrogen-bond acceptors (Lipinski definition) is 9. The molecule has 0 N–H and O–H groups in total. The molecule has 19 heavy (non-hydrogen) atoms. The Morgan fingerprint density at radius 3 is 1.68 bits per heavy atom. The zero-order chi connectivity index (χ0) is 14.3. The molecule has 108 valence electrons. The van der Waals surface area contributed by atoms with Gasteiger partial charge in [0.2, 0.25) is 0 Å². The molecule has 0 aromatic carbocycles. The molecule has 0 saturated carbocycles. The Balaban J connectivity index is 2.98. The fourth-order valence-corrected chi connectivity index (χ4v) is 2.98. The van der Waals surface area contributed by atoms with E-state index in [1.165, 1.54) is 14.2 Å². The summed E-state index contributed by atoms with van der Waals surface area (Å²) in [6.45, 7) is 1.36. The lowest BCUT2D eigenvalue weighted by atomic mass is 10.9. The van der Waals surface area contributed by atoms with Crippen molar-refractivity contribution < 1.29 is 23.0 Å². The standard InChI is InChI=1S/C9H16N3O5PS/c1-5-15-18(19,16-6-2)17-9-11-7(13-3)10-8(12-9)14-4/h5-6H2,1-4H3. The van der Waals surface area contributed by atoms with Crippen molar-refractivity contribution in [1.82, 2.24) is 15.0 Å². The van der Waals surface area contributed by atoms with Crippen LogP contribution in [0.25, 0.3) is 0 Å². The van der Waals surface area contributed by atoms with E-state index in [9.17, 15) is 0 Å². The minimum atomic E-state index is -2.93. The van der Waals surface area contributed by atoms with Crippen LogP contribution in [0.2, 0.25) is 0 Å². The lowest BCUT2D eigenvalue weighted by molar-refractivity contribution is 0.211.